The van der Waals surface area contributed by atoms with Gasteiger partial charge in [0.1, 0.15) is 0 Å². The van der Waals surface area contributed by atoms with Crippen molar-refractivity contribution >= 4 is 5.91 Å². The zero-order chi connectivity index (χ0) is 11.4. The Kier molecular flexibility index (Phi) is 2.95. The van der Waals surface area contributed by atoms with Gasteiger partial charge in [0.15, 0.2) is 0 Å². The summed E-state index contributed by atoms with van der Waals surface area (Å²) in [7, 11) is 0. The summed E-state index contributed by atoms with van der Waals surface area (Å²) in [5.41, 5.74) is 1.23. The number of hydrogen-bond acceptors (Lipinski definition) is 2. The monoisotopic (exact) mass is 219 g/mol. The molecule has 0 aliphatic carbocycles. The van der Waals surface area contributed by atoms with E-state index in [2.05, 4.69) is 15.3 Å². The SMILES string of the molecule is O=C(NCc1cc[nH]c1)c1ccnc(F)c1. The molecule has 82 valence electrons. The van der Waals surface area contributed by atoms with E-state index < -0.39 is 5.95 Å². The number of pyridine rings is 1. The molecule has 2 N–H and O–H groups in total. The molecule has 16 heavy (non-hydrogen) atoms. The molecular formula is C11H10FN3O. The lowest BCUT2D eigenvalue weighted by Crippen LogP contribution is -2.22. The molecule has 2 heterocycles. The second-order valence-corrected chi connectivity index (χ2v) is 3.27. The summed E-state index contributed by atoms with van der Waals surface area (Å²) in [6.45, 7) is 0.409. The Bertz CT molecular complexity index is 482. The molecule has 0 saturated carbocycles. The molecule has 2 aromatic heterocycles. The van der Waals surface area contributed by atoms with Crippen LogP contribution < -0.4 is 5.32 Å². The van der Waals surface area contributed by atoms with Gasteiger partial charge in [-0.1, -0.05) is 0 Å². The minimum Gasteiger partial charge on any atom is -0.367 e. The van der Waals surface area contributed by atoms with Gasteiger partial charge in [-0.05, 0) is 17.7 Å². The lowest BCUT2D eigenvalue weighted by Gasteiger charge is -2.03. The standard InChI is InChI=1S/C11H10FN3O/c12-10-5-9(2-4-14-10)11(16)15-7-8-1-3-13-6-8/h1-6,13H,7H2,(H,15,16). The van der Waals surface area contributed by atoms with E-state index in [4.69, 9.17) is 0 Å². The maximum absolute atomic E-state index is 12.7. The number of carbonyl (C=O) groups excluding carboxylic acids is 1. The highest BCUT2D eigenvalue weighted by atomic mass is 19.1. The zero-order valence-corrected chi connectivity index (χ0v) is 8.40. The maximum atomic E-state index is 12.7. The van der Waals surface area contributed by atoms with Crippen molar-refractivity contribution in [3.63, 3.8) is 0 Å². The second kappa shape index (κ2) is 4.57. The molecule has 5 heteroatoms. The van der Waals surface area contributed by atoms with Gasteiger partial charge in [0.2, 0.25) is 5.95 Å². The fourth-order valence-corrected chi connectivity index (χ4v) is 1.30. The fourth-order valence-electron chi connectivity index (χ4n) is 1.30. The highest BCUT2D eigenvalue weighted by molar-refractivity contribution is 5.93. The van der Waals surface area contributed by atoms with E-state index >= 15 is 0 Å². The van der Waals surface area contributed by atoms with Crippen molar-refractivity contribution in [1.82, 2.24) is 15.3 Å². The Hall–Kier alpha value is -2.17. The molecule has 0 unspecified atom stereocenters. The zero-order valence-electron chi connectivity index (χ0n) is 8.40. The smallest absolute Gasteiger partial charge is 0.251 e. The minimum atomic E-state index is -0.658. The first-order valence-electron chi connectivity index (χ1n) is 4.77. The van der Waals surface area contributed by atoms with Gasteiger partial charge < -0.3 is 10.3 Å². The van der Waals surface area contributed by atoms with Crippen molar-refractivity contribution in [2.75, 3.05) is 0 Å². The first-order valence-corrected chi connectivity index (χ1v) is 4.77. The average molecular weight is 219 g/mol. The van der Waals surface area contributed by atoms with Crippen LogP contribution in [-0.2, 0) is 6.54 Å². The molecule has 0 aliphatic rings. The quantitative estimate of drug-likeness (QED) is 0.768. The molecule has 2 rings (SSSR count). The fraction of sp³-hybridized carbons (Fsp3) is 0.0909. The average Bonchev–Trinajstić information content (AvgIpc) is 2.78. The Morgan fingerprint density at radius 2 is 2.38 bits per heavy atom. The van der Waals surface area contributed by atoms with E-state index in [0.29, 0.717) is 6.54 Å². The summed E-state index contributed by atoms with van der Waals surface area (Å²) >= 11 is 0. The molecule has 0 aliphatic heterocycles. The van der Waals surface area contributed by atoms with Crippen LogP contribution in [0.5, 0.6) is 0 Å². The molecule has 0 bridgehead atoms. The number of aromatic nitrogens is 2. The van der Waals surface area contributed by atoms with Gasteiger partial charge in [0.05, 0.1) is 0 Å². The van der Waals surface area contributed by atoms with Crippen molar-refractivity contribution in [2.45, 2.75) is 6.54 Å². The van der Waals surface area contributed by atoms with Crippen molar-refractivity contribution in [2.24, 2.45) is 0 Å². The molecule has 0 fully saturated rings. The highest BCUT2D eigenvalue weighted by Gasteiger charge is 2.06. The topological polar surface area (TPSA) is 57.8 Å². The molecular weight excluding hydrogens is 209 g/mol. The molecule has 4 nitrogen and oxygen atoms in total. The van der Waals surface area contributed by atoms with Crippen molar-refractivity contribution in [3.05, 3.63) is 53.9 Å². The Morgan fingerprint density at radius 3 is 3.06 bits per heavy atom. The molecule has 0 spiro atoms. The lowest BCUT2D eigenvalue weighted by atomic mass is 10.2. The highest BCUT2D eigenvalue weighted by Crippen LogP contribution is 2.01. The van der Waals surface area contributed by atoms with Gasteiger partial charge >= 0.3 is 0 Å². The predicted molar refractivity (Wildman–Crippen MR) is 56.2 cm³/mol. The molecule has 0 atom stereocenters. The van der Waals surface area contributed by atoms with E-state index in [1.165, 1.54) is 12.3 Å². The number of H-pyrrole nitrogens is 1. The van der Waals surface area contributed by atoms with Gasteiger partial charge in [-0.2, -0.15) is 4.39 Å². The Labute approximate surface area is 91.5 Å². The third-order valence-electron chi connectivity index (χ3n) is 2.10. The summed E-state index contributed by atoms with van der Waals surface area (Å²) in [6.07, 6.45) is 4.82. The normalized spacial score (nSPS) is 10.1. The van der Waals surface area contributed by atoms with Crippen molar-refractivity contribution in [3.8, 4) is 0 Å². The third kappa shape index (κ3) is 2.44. The first kappa shape index (κ1) is 10.4. The third-order valence-corrected chi connectivity index (χ3v) is 2.10. The number of rotatable bonds is 3. The second-order valence-electron chi connectivity index (χ2n) is 3.27. The van der Waals surface area contributed by atoms with E-state index in [-0.39, 0.29) is 11.5 Å². The molecule has 0 saturated heterocycles. The van der Waals surface area contributed by atoms with Crippen LogP contribution in [0.15, 0.2) is 36.8 Å². The summed E-state index contributed by atoms with van der Waals surface area (Å²) in [4.78, 5) is 17.8. The van der Waals surface area contributed by atoms with Crippen LogP contribution in [0.4, 0.5) is 4.39 Å². The number of amides is 1. The number of aromatic amines is 1. The Balaban J connectivity index is 1.98. The summed E-state index contributed by atoms with van der Waals surface area (Å²) < 4.78 is 12.7. The van der Waals surface area contributed by atoms with Gasteiger partial charge in [0, 0.05) is 36.8 Å². The van der Waals surface area contributed by atoms with Crippen LogP contribution in [0, 0.1) is 5.95 Å². The molecule has 1 amide bonds. The van der Waals surface area contributed by atoms with Gasteiger partial charge in [-0.3, -0.25) is 4.79 Å². The van der Waals surface area contributed by atoms with E-state index in [1.807, 2.05) is 6.07 Å². The van der Waals surface area contributed by atoms with Crippen molar-refractivity contribution < 1.29 is 9.18 Å². The van der Waals surface area contributed by atoms with E-state index in [1.54, 1.807) is 12.4 Å². The van der Waals surface area contributed by atoms with Gasteiger partial charge in [-0.15, -0.1) is 0 Å². The molecule has 0 aromatic carbocycles. The Morgan fingerprint density at radius 1 is 1.50 bits per heavy atom. The minimum absolute atomic E-state index is 0.267. The number of nitrogens with one attached hydrogen (secondary N) is 2. The molecule has 0 radical (unpaired) electrons. The van der Waals surface area contributed by atoms with Crippen LogP contribution in [0.1, 0.15) is 15.9 Å². The number of hydrogen-bond donors (Lipinski definition) is 2. The van der Waals surface area contributed by atoms with E-state index in [9.17, 15) is 9.18 Å². The summed E-state index contributed by atoms with van der Waals surface area (Å²) in [5.74, 6) is -0.975. The number of carbonyl (C=O) groups is 1. The van der Waals surface area contributed by atoms with Gasteiger partial charge in [-0.25, -0.2) is 4.98 Å². The summed E-state index contributed by atoms with van der Waals surface area (Å²) in [5, 5.41) is 2.68. The predicted octanol–water partition coefficient (Wildman–Crippen LogP) is 1.48. The largest absolute Gasteiger partial charge is 0.367 e. The van der Waals surface area contributed by atoms with Crippen LogP contribution in [0.25, 0.3) is 0 Å². The van der Waals surface area contributed by atoms with Gasteiger partial charge in [0.25, 0.3) is 5.91 Å². The van der Waals surface area contributed by atoms with Crippen LogP contribution in [-0.4, -0.2) is 15.9 Å². The first-order chi connectivity index (χ1) is 7.75. The van der Waals surface area contributed by atoms with E-state index in [0.717, 1.165) is 11.6 Å². The van der Waals surface area contributed by atoms with Crippen molar-refractivity contribution in [1.29, 1.82) is 0 Å². The van der Waals surface area contributed by atoms with Crippen LogP contribution in [0.2, 0.25) is 0 Å². The van der Waals surface area contributed by atoms with Crippen LogP contribution in [0.3, 0.4) is 0 Å². The maximum Gasteiger partial charge on any atom is 0.251 e. The molecule has 2 aromatic rings. The lowest BCUT2D eigenvalue weighted by molar-refractivity contribution is 0.0950. The number of nitrogens with zero attached hydrogens (tertiary/aromatic N) is 1. The summed E-state index contributed by atoms with van der Waals surface area (Å²) in [6, 6.07) is 4.43. The van der Waals surface area contributed by atoms with Crippen LogP contribution >= 0.6 is 0 Å². The number of halogens is 1.